The van der Waals surface area contributed by atoms with Gasteiger partial charge in [-0.25, -0.2) is 0 Å². The fraction of sp³-hybridized carbons (Fsp3) is 0.364. The summed E-state index contributed by atoms with van der Waals surface area (Å²) in [5.41, 5.74) is 1.46. The SMILES string of the molecule is CCN(C(=O)CCl)c1ccccc1CO. The predicted octanol–water partition coefficient (Wildman–Crippen LogP) is 1.77. The van der Waals surface area contributed by atoms with Crippen LogP contribution in [-0.4, -0.2) is 23.4 Å². The Hall–Kier alpha value is -1.06. The molecule has 4 heteroatoms. The van der Waals surface area contributed by atoms with Crippen LogP contribution < -0.4 is 4.90 Å². The molecule has 0 saturated carbocycles. The van der Waals surface area contributed by atoms with Crippen molar-refractivity contribution in [3.63, 3.8) is 0 Å². The molecule has 0 unspecified atom stereocenters. The summed E-state index contributed by atoms with van der Waals surface area (Å²) in [4.78, 5) is 13.1. The first-order valence-electron chi connectivity index (χ1n) is 4.79. The Balaban J connectivity index is 3.05. The van der Waals surface area contributed by atoms with Gasteiger partial charge in [0.25, 0.3) is 0 Å². The quantitative estimate of drug-likeness (QED) is 0.797. The number of alkyl halides is 1. The Bertz CT molecular complexity index is 341. The summed E-state index contributed by atoms with van der Waals surface area (Å²) in [5.74, 6) is -0.201. The normalized spacial score (nSPS) is 10.1. The summed E-state index contributed by atoms with van der Waals surface area (Å²) in [6, 6.07) is 7.26. The third kappa shape index (κ3) is 2.70. The monoisotopic (exact) mass is 227 g/mol. The molecule has 1 N–H and O–H groups in total. The smallest absolute Gasteiger partial charge is 0.241 e. The minimum Gasteiger partial charge on any atom is -0.392 e. The zero-order chi connectivity index (χ0) is 11.3. The van der Waals surface area contributed by atoms with Gasteiger partial charge in [0.05, 0.1) is 6.61 Å². The Morgan fingerprint density at radius 1 is 1.47 bits per heavy atom. The number of nitrogens with zero attached hydrogens (tertiary/aromatic N) is 1. The zero-order valence-corrected chi connectivity index (χ0v) is 9.37. The van der Waals surface area contributed by atoms with E-state index in [1.165, 1.54) is 0 Å². The van der Waals surface area contributed by atoms with Gasteiger partial charge in [-0.1, -0.05) is 18.2 Å². The molecule has 0 fully saturated rings. The van der Waals surface area contributed by atoms with Crippen LogP contribution in [0.25, 0.3) is 0 Å². The fourth-order valence-electron chi connectivity index (χ4n) is 1.46. The highest BCUT2D eigenvalue weighted by Crippen LogP contribution is 2.20. The minimum absolute atomic E-state index is 0.0480. The molecule has 0 radical (unpaired) electrons. The molecule has 0 saturated heterocycles. The van der Waals surface area contributed by atoms with Crippen molar-refractivity contribution in [2.24, 2.45) is 0 Å². The van der Waals surface area contributed by atoms with Crippen LogP contribution in [0.15, 0.2) is 24.3 Å². The second kappa shape index (κ2) is 5.73. The molecule has 0 aliphatic heterocycles. The Morgan fingerprint density at radius 2 is 2.13 bits per heavy atom. The first-order valence-corrected chi connectivity index (χ1v) is 5.33. The van der Waals surface area contributed by atoms with Gasteiger partial charge in [-0.3, -0.25) is 4.79 Å². The van der Waals surface area contributed by atoms with Crippen molar-refractivity contribution < 1.29 is 9.90 Å². The molecule has 0 aliphatic rings. The van der Waals surface area contributed by atoms with Gasteiger partial charge in [-0.15, -0.1) is 11.6 Å². The van der Waals surface area contributed by atoms with E-state index in [0.29, 0.717) is 6.54 Å². The molecule has 82 valence electrons. The highest BCUT2D eigenvalue weighted by molar-refractivity contribution is 6.29. The van der Waals surface area contributed by atoms with Crippen LogP contribution >= 0.6 is 11.6 Å². The van der Waals surface area contributed by atoms with E-state index in [1.807, 2.05) is 19.1 Å². The summed E-state index contributed by atoms with van der Waals surface area (Å²) in [6.07, 6.45) is 0. The first kappa shape index (κ1) is 12.0. The minimum atomic E-state index is -0.153. The average molecular weight is 228 g/mol. The average Bonchev–Trinajstić information content (AvgIpc) is 2.30. The van der Waals surface area contributed by atoms with E-state index < -0.39 is 0 Å². The third-order valence-corrected chi connectivity index (χ3v) is 2.41. The lowest BCUT2D eigenvalue weighted by Crippen LogP contribution is -2.32. The number of amides is 1. The van der Waals surface area contributed by atoms with Gasteiger partial charge < -0.3 is 10.0 Å². The van der Waals surface area contributed by atoms with Crippen LogP contribution in [0.1, 0.15) is 12.5 Å². The van der Waals surface area contributed by atoms with Gasteiger partial charge in [0, 0.05) is 17.8 Å². The predicted molar refractivity (Wildman–Crippen MR) is 61.1 cm³/mol. The molecule has 0 heterocycles. The number of hydrogen-bond donors (Lipinski definition) is 1. The molecule has 0 atom stereocenters. The molecule has 0 bridgehead atoms. The summed E-state index contributed by atoms with van der Waals surface area (Å²) in [5, 5.41) is 9.15. The van der Waals surface area contributed by atoms with Gasteiger partial charge in [0.1, 0.15) is 5.88 Å². The molecule has 1 rings (SSSR count). The van der Waals surface area contributed by atoms with Crippen molar-refractivity contribution in [1.82, 2.24) is 0 Å². The summed E-state index contributed by atoms with van der Waals surface area (Å²) in [6.45, 7) is 2.34. The van der Waals surface area contributed by atoms with E-state index in [2.05, 4.69) is 0 Å². The molecule has 1 aromatic carbocycles. The molecule has 0 spiro atoms. The van der Waals surface area contributed by atoms with Gasteiger partial charge in [0.15, 0.2) is 0 Å². The highest BCUT2D eigenvalue weighted by atomic mass is 35.5. The van der Waals surface area contributed by atoms with E-state index in [1.54, 1.807) is 17.0 Å². The summed E-state index contributed by atoms with van der Waals surface area (Å²) < 4.78 is 0. The lowest BCUT2D eigenvalue weighted by molar-refractivity contribution is -0.116. The van der Waals surface area contributed by atoms with Crippen molar-refractivity contribution in [2.45, 2.75) is 13.5 Å². The molecule has 0 aliphatic carbocycles. The number of para-hydroxylation sites is 1. The number of benzene rings is 1. The Kier molecular flexibility index (Phi) is 4.59. The van der Waals surface area contributed by atoms with Crippen LogP contribution in [0, 0.1) is 0 Å². The van der Waals surface area contributed by atoms with Crippen molar-refractivity contribution in [3.8, 4) is 0 Å². The van der Waals surface area contributed by atoms with E-state index in [-0.39, 0.29) is 18.4 Å². The standard InChI is InChI=1S/C11H14ClNO2/c1-2-13(11(15)7-12)10-6-4-3-5-9(10)8-14/h3-6,14H,2,7-8H2,1H3. The van der Waals surface area contributed by atoms with E-state index in [4.69, 9.17) is 16.7 Å². The number of carbonyl (C=O) groups is 1. The van der Waals surface area contributed by atoms with E-state index in [0.717, 1.165) is 11.3 Å². The largest absolute Gasteiger partial charge is 0.392 e. The lowest BCUT2D eigenvalue weighted by atomic mass is 10.1. The van der Waals surface area contributed by atoms with Gasteiger partial charge >= 0.3 is 0 Å². The van der Waals surface area contributed by atoms with Crippen LogP contribution in [0.4, 0.5) is 5.69 Å². The molecule has 0 aromatic heterocycles. The molecule has 1 aromatic rings. The first-order chi connectivity index (χ1) is 7.24. The number of hydrogen-bond acceptors (Lipinski definition) is 2. The fourth-order valence-corrected chi connectivity index (χ4v) is 1.61. The highest BCUT2D eigenvalue weighted by Gasteiger charge is 2.14. The van der Waals surface area contributed by atoms with Crippen LogP contribution in [0.2, 0.25) is 0 Å². The van der Waals surface area contributed by atoms with Crippen LogP contribution in [-0.2, 0) is 11.4 Å². The number of carbonyl (C=O) groups excluding carboxylic acids is 1. The molecule has 1 amide bonds. The van der Waals surface area contributed by atoms with Gasteiger partial charge in [-0.05, 0) is 13.0 Å². The maximum atomic E-state index is 11.5. The van der Waals surface area contributed by atoms with E-state index in [9.17, 15) is 4.79 Å². The second-order valence-electron chi connectivity index (χ2n) is 3.06. The molecular formula is C11H14ClNO2. The van der Waals surface area contributed by atoms with Crippen LogP contribution in [0.5, 0.6) is 0 Å². The topological polar surface area (TPSA) is 40.5 Å². The number of anilines is 1. The zero-order valence-electron chi connectivity index (χ0n) is 8.61. The van der Waals surface area contributed by atoms with Crippen molar-refractivity contribution in [3.05, 3.63) is 29.8 Å². The van der Waals surface area contributed by atoms with E-state index >= 15 is 0 Å². The number of aliphatic hydroxyl groups excluding tert-OH is 1. The third-order valence-electron chi connectivity index (χ3n) is 2.18. The molecule has 15 heavy (non-hydrogen) atoms. The molecule has 3 nitrogen and oxygen atoms in total. The molecular weight excluding hydrogens is 214 g/mol. The lowest BCUT2D eigenvalue weighted by Gasteiger charge is -2.22. The number of rotatable bonds is 4. The number of aliphatic hydroxyl groups is 1. The van der Waals surface area contributed by atoms with Gasteiger partial charge in [0.2, 0.25) is 5.91 Å². The van der Waals surface area contributed by atoms with Gasteiger partial charge in [-0.2, -0.15) is 0 Å². The van der Waals surface area contributed by atoms with Crippen LogP contribution in [0.3, 0.4) is 0 Å². The maximum absolute atomic E-state index is 11.5. The summed E-state index contributed by atoms with van der Waals surface area (Å²) >= 11 is 5.52. The summed E-state index contributed by atoms with van der Waals surface area (Å²) in [7, 11) is 0. The van der Waals surface area contributed by atoms with Crippen molar-refractivity contribution in [1.29, 1.82) is 0 Å². The Labute approximate surface area is 94.3 Å². The number of halogens is 1. The van der Waals surface area contributed by atoms with Crippen molar-refractivity contribution >= 4 is 23.2 Å². The maximum Gasteiger partial charge on any atom is 0.241 e. The Morgan fingerprint density at radius 3 is 2.67 bits per heavy atom. The second-order valence-corrected chi connectivity index (χ2v) is 3.33. The van der Waals surface area contributed by atoms with Crippen molar-refractivity contribution in [2.75, 3.05) is 17.3 Å².